The summed E-state index contributed by atoms with van der Waals surface area (Å²) in [4.78, 5) is 24.6. The van der Waals surface area contributed by atoms with Gasteiger partial charge in [-0.3, -0.25) is 4.79 Å². The maximum atomic E-state index is 12.5. The van der Waals surface area contributed by atoms with Crippen molar-refractivity contribution in [3.8, 4) is 0 Å². The summed E-state index contributed by atoms with van der Waals surface area (Å²) in [7, 11) is -3.39. The van der Waals surface area contributed by atoms with Crippen molar-refractivity contribution in [2.45, 2.75) is 24.3 Å². The van der Waals surface area contributed by atoms with E-state index in [0.717, 1.165) is 11.8 Å². The van der Waals surface area contributed by atoms with Crippen molar-refractivity contribution in [3.63, 3.8) is 0 Å². The fourth-order valence-corrected chi connectivity index (χ4v) is 3.30. The van der Waals surface area contributed by atoms with Crippen LogP contribution in [0.5, 0.6) is 0 Å². The highest BCUT2D eigenvalue weighted by atomic mass is 32.2. The first-order valence-electron chi connectivity index (χ1n) is 7.66. The van der Waals surface area contributed by atoms with E-state index >= 15 is 0 Å². The number of hydrogen-bond acceptors (Lipinski definition) is 5. The van der Waals surface area contributed by atoms with Crippen LogP contribution >= 0.6 is 0 Å². The Balaban J connectivity index is 1.83. The van der Waals surface area contributed by atoms with Gasteiger partial charge in [0.15, 0.2) is 15.9 Å². The number of aryl methyl sites for hydroxylation is 1. The third-order valence-corrected chi connectivity index (χ3v) is 5.19. The van der Waals surface area contributed by atoms with Gasteiger partial charge in [0.1, 0.15) is 0 Å². The Morgan fingerprint density at radius 3 is 2.64 bits per heavy atom. The molecule has 3 rings (SSSR count). The van der Waals surface area contributed by atoms with E-state index in [2.05, 4.69) is 5.32 Å². The lowest BCUT2D eigenvalue weighted by Crippen LogP contribution is -2.38. The number of carbonyl (C=O) groups excluding carboxylic acids is 2. The SMILES string of the molecule is Cc1ccc(S(C)(=O)=O)cc1NC(=O)[C@@H]1Cc2ccccc2C(=O)O1. The number of amides is 1. The number of cyclic esters (lactones) is 1. The van der Waals surface area contributed by atoms with Gasteiger partial charge in [-0.15, -0.1) is 0 Å². The van der Waals surface area contributed by atoms with Crippen molar-refractivity contribution in [1.29, 1.82) is 0 Å². The minimum Gasteiger partial charge on any atom is -0.448 e. The smallest absolute Gasteiger partial charge is 0.339 e. The zero-order chi connectivity index (χ0) is 18.2. The molecule has 0 bridgehead atoms. The van der Waals surface area contributed by atoms with E-state index < -0.39 is 27.8 Å². The van der Waals surface area contributed by atoms with Crippen LogP contribution in [-0.4, -0.2) is 32.7 Å². The summed E-state index contributed by atoms with van der Waals surface area (Å²) in [5.74, 6) is -1.03. The van der Waals surface area contributed by atoms with Crippen molar-refractivity contribution in [2.75, 3.05) is 11.6 Å². The predicted molar refractivity (Wildman–Crippen MR) is 92.3 cm³/mol. The Morgan fingerprint density at radius 1 is 1.20 bits per heavy atom. The molecule has 1 N–H and O–H groups in total. The van der Waals surface area contributed by atoms with E-state index in [-0.39, 0.29) is 11.3 Å². The van der Waals surface area contributed by atoms with Crippen LogP contribution in [0.15, 0.2) is 47.4 Å². The molecule has 2 aromatic rings. The molecule has 0 spiro atoms. The molecule has 0 aromatic heterocycles. The Hall–Kier alpha value is -2.67. The zero-order valence-corrected chi connectivity index (χ0v) is 14.6. The summed E-state index contributed by atoms with van der Waals surface area (Å²) in [6.07, 6.45) is 0.422. The number of rotatable bonds is 3. The quantitative estimate of drug-likeness (QED) is 0.848. The summed E-state index contributed by atoms with van der Waals surface area (Å²) >= 11 is 0. The molecule has 0 saturated carbocycles. The molecule has 1 aliphatic rings. The highest BCUT2D eigenvalue weighted by Crippen LogP contribution is 2.24. The van der Waals surface area contributed by atoms with E-state index in [9.17, 15) is 18.0 Å². The molecule has 2 aromatic carbocycles. The molecule has 1 amide bonds. The van der Waals surface area contributed by atoms with Gasteiger partial charge in [-0.25, -0.2) is 13.2 Å². The van der Waals surface area contributed by atoms with Gasteiger partial charge in [-0.1, -0.05) is 24.3 Å². The molecule has 0 aliphatic carbocycles. The van der Waals surface area contributed by atoms with Crippen molar-refractivity contribution >= 4 is 27.4 Å². The number of benzene rings is 2. The Morgan fingerprint density at radius 2 is 1.92 bits per heavy atom. The van der Waals surface area contributed by atoms with Gasteiger partial charge in [-0.2, -0.15) is 0 Å². The molecular formula is C18H17NO5S. The summed E-state index contributed by atoms with van der Waals surface area (Å²) < 4.78 is 28.6. The lowest BCUT2D eigenvalue weighted by Gasteiger charge is -2.24. The molecule has 0 saturated heterocycles. The van der Waals surface area contributed by atoms with Crippen molar-refractivity contribution in [1.82, 2.24) is 0 Å². The fraction of sp³-hybridized carbons (Fsp3) is 0.222. The number of sulfone groups is 1. The van der Waals surface area contributed by atoms with Crippen molar-refractivity contribution < 1.29 is 22.7 Å². The summed E-state index contributed by atoms with van der Waals surface area (Å²) in [5, 5.41) is 2.66. The second-order valence-electron chi connectivity index (χ2n) is 5.99. The van der Waals surface area contributed by atoms with E-state index in [4.69, 9.17) is 4.74 Å². The second-order valence-corrected chi connectivity index (χ2v) is 8.01. The van der Waals surface area contributed by atoms with Gasteiger partial charge in [0.05, 0.1) is 10.5 Å². The first kappa shape index (κ1) is 17.2. The number of hydrogen-bond donors (Lipinski definition) is 1. The third kappa shape index (κ3) is 3.56. The van der Waals surface area contributed by atoms with Crippen molar-refractivity contribution in [2.24, 2.45) is 0 Å². The third-order valence-electron chi connectivity index (χ3n) is 4.08. The van der Waals surface area contributed by atoms with E-state index in [0.29, 0.717) is 16.8 Å². The van der Waals surface area contributed by atoms with E-state index in [1.807, 2.05) is 0 Å². The number of carbonyl (C=O) groups is 2. The first-order chi connectivity index (χ1) is 11.8. The van der Waals surface area contributed by atoms with E-state index in [1.165, 1.54) is 12.1 Å². The maximum Gasteiger partial charge on any atom is 0.339 e. The van der Waals surface area contributed by atoms with Crippen LogP contribution in [0.4, 0.5) is 5.69 Å². The van der Waals surface area contributed by atoms with Gasteiger partial charge in [-0.05, 0) is 36.2 Å². The highest BCUT2D eigenvalue weighted by Gasteiger charge is 2.31. The number of ether oxygens (including phenoxy) is 1. The maximum absolute atomic E-state index is 12.5. The van der Waals surface area contributed by atoms with Gasteiger partial charge in [0, 0.05) is 18.4 Å². The average Bonchev–Trinajstić information content (AvgIpc) is 2.55. The van der Waals surface area contributed by atoms with Crippen LogP contribution in [0.25, 0.3) is 0 Å². The zero-order valence-electron chi connectivity index (χ0n) is 13.8. The monoisotopic (exact) mass is 359 g/mol. The summed E-state index contributed by atoms with van der Waals surface area (Å²) in [5.41, 5.74) is 2.30. The van der Waals surface area contributed by atoms with Gasteiger partial charge < -0.3 is 10.1 Å². The Labute approximate surface area is 145 Å². The number of anilines is 1. The fourth-order valence-electron chi connectivity index (χ4n) is 2.66. The molecule has 0 fully saturated rings. The minimum atomic E-state index is -3.39. The molecule has 6 nitrogen and oxygen atoms in total. The van der Waals surface area contributed by atoms with Gasteiger partial charge in [0.2, 0.25) is 0 Å². The molecule has 0 radical (unpaired) electrons. The standard InChI is InChI=1S/C18H17NO5S/c1-11-7-8-13(25(2,22)23)10-15(11)19-17(20)16-9-12-5-3-4-6-14(12)18(21)24-16/h3-8,10,16H,9H2,1-2H3,(H,19,20)/t16-/m0/s1. The Bertz CT molecular complexity index is 965. The molecule has 1 atom stereocenters. The van der Waals surface area contributed by atoms with Crippen LogP contribution < -0.4 is 5.32 Å². The average molecular weight is 359 g/mol. The lowest BCUT2D eigenvalue weighted by molar-refractivity contribution is -0.125. The normalized spacial score (nSPS) is 16.7. The topological polar surface area (TPSA) is 89.5 Å². The molecule has 7 heteroatoms. The molecule has 130 valence electrons. The van der Waals surface area contributed by atoms with Crippen LogP contribution in [-0.2, 0) is 25.8 Å². The minimum absolute atomic E-state index is 0.111. The van der Waals surface area contributed by atoms with Crippen LogP contribution in [0.1, 0.15) is 21.5 Å². The molecule has 25 heavy (non-hydrogen) atoms. The largest absolute Gasteiger partial charge is 0.448 e. The van der Waals surface area contributed by atoms with Crippen LogP contribution in [0.3, 0.4) is 0 Å². The van der Waals surface area contributed by atoms with Gasteiger partial charge >= 0.3 is 5.97 Å². The molecular weight excluding hydrogens is 342 g/mol. The summed E-state index contributed by atoms with van der Waals surface area (Å²) in [6.45, 7) is 1.75. The first-order valence-corrected chi connectivity index (χ1v) is 9.55. The number of fused-ring (bicyclic) bond motifs is 1. The highest BCUT2D eigenvalue weighted by molar-refractivity contribution is 7.90. The molecule has 0 unspecified atom stereocenters. The Kier molecular flexibility index (Phi) is 4.34. The van der Waals surface area contributed by atoms with Crippen LogP contribution in [0, 0.1) is 6.92 Å². The van der Waals surface area contributed by atoms with Crippen molar-refractivity contribution in [3.05, 3.63) is 59.2 Å². The lowest BCUT2D eigenvalue weighted by atomic mass is 9.98. The second kappa shape index (κ2) is 6.33. The van der Waals surface area contributed by atoms with E-state index in [1.54, 1.807) is 37.3 Å². The van der Waals surface area contributed by atoms with Crippen LogP contribution in [0.2, 0.25) is 0 Å². The molecule has 1 aliphatic heterocycles. The predicted octanol–water partition coefficient (Wildman–Crippen LogP) is 2.12. The number of esters is 1. The van der Waals surface area contributed by atoms with Gasteiger partial charge in [0.25, 0.3) is 5.91 Å². The molecule has 1 heterocycles. The number of nitrogens with one attached hydrogen (secondary N) is 1. The summed E-state index contributed by atoms with van der Waals surface area (Å²) in [6, 6.07) is 11.5.